The first-order chi connectivity index (χ1) is 8.84. The number of rotatable bonds is 2. The van der Waals surface area contributed by atoms with Gasteiger partial charge in [0.1, 0.15) is 0 Å². The van der Waals surface area contributed by atoms with Crippen molar-refractivity contribution >= 4 is 0 Å². The third-order valence-electron chi connectivity index (χ3n) is 4.31. The van der Waals surface area contributed by atoms with Gasteiger partial charge < -0.3 is 0 Å². The molecule has 18 heavy (non-hydrogen) atoms. The van der Waals surface area contributed by atoms with Crippen LogP contribution in [-0.2, 0) is 0 Å². The molecule has 0 N–H and O–H groups in total. The minimum Gasteiger partial charge on any atom is -0.0622 e. The molecule has 0 radical (unpaired) electrons. The molecule has 1 aliphatic rings. The SMILES string of the molecule is C[C@H]1CCC[C@@H]1c1ccc(-c2ccccc2)cc1. The monoisotopic (exact) mass is 236 g/mol. The van der Waals surface area contributed by atoms with E-state index in [2.05, 4.69) is 61.5 Å². The van der Waals surface area contributed by atoms with Crippen molar-refractivity contribution in [3.8, 4) is 11.1 Å². The molecule has 0 aliphatic heterocycles. The van der Waals surface area contributed by atoms with Crippen LogP contribution in [0, 0.1) is 5.92 Å². The van der Waals surface area contributed by atoms with Gasteiger partial charge in [-0.2, -0.15) is 0 Å². The Morgan fingerprint density at radius 3 is 2.06 bits per heavy atom. The lowest BCUT2D eigenvalue weighted by Crippen LogP contribution is -2.01. The lowest BCUT2D eigenvalue weighted by atomic mass is 9.89. The van der Waals surface area contributed by atoms with Gasteiger partial charge >= 0.3 is 0 Å². The first kappa shape index (κ1) is 11.5. The molecule has 92 valence electrons. The Morgan fingerprint density at radius 2 is 1.44 bits per heavy atom. The quantitative estimate of drug-likeness (QED) is 0.667. The Bertz CT molecular complexity index is 495. The van der Waals surface area contributed by atoms with Gasteiger partial charge in [0.15, 0.2) is 0 Å². The molecule has 1 aliphatic carbocycles. The Kier molecular flexibility index (Phi) is 3.19. The van der Waals surface area contributed by atoms with Crippen molar-refractivity contribution in [2.75, 3.05) is 0 Å². The highest BCUT2D eigenvalue weighted by Crippen LogP contribution is 2.39. The number of hydrogen-bond donors (Lipinski definition) is 0. The first-order valence-corrected chi connectivity index (χ1v) is 7.00. The summed E-state index contributed by atoms with van der Waals surface area (Å²) in [6.45, 7) is 2.39. The van der Waals surface area contributed by atoms with Gasteiger partial charge in [-0.15, -0.1) is 0 Å². The lowest BCUT2D eigenvalue weighted by molar-refractivity contribution is 0.533. The lowest BCUT2D eigenvalue weighted by Gasteiger charge is -2.16. The number of benzene rings is 2. The highest BCUT2D eigenvalue weighted by Gasteiger charge is 2.24. The first-order valence-electron chi connectivity index (χ1n) is 7.00. The molecule has 0 heterocycles. The summed E-state index contributed by atoms with van der Waals surface area (Å²) in [6, 6.07) is 19.8. The fourth-order valence-corrected chi connectivity index (χ4v) is 3.19. The normalized spacial score (nSPS) is 23.2. The summed E-state index contributed by atoms with van der Waals surface area (Å²) in [7, 11) is 0. The van der Waals surface area contributed by atoms with E-state index in [0.717, 1.165) is 11.8 Å². The summed E-state index contributed by atoms with van der Waals surface area (Å²) in [5.74, 6) is 1.64. The van der Waals surface area contributed by atoms with Gasteiger partial charge in [0.25, 0.3) is 0 Å². The predicted octanol–water partition coefficient (Wildman–Crippen LogP) is 5.26. The van der Waals surface area contributed by atoms with Crippen LogP contribution in [0.3, 0.4) is 0 Å². The Hall–Kier alpha value is -1.56. The van der Waals surface area contributed by atoms with Crippen LogP contribution >= 0.6 is 0 Å². The fraction of sp³-hybridized carbons (Fsp3) is 0.333. The van der Waals surface area contributed by atoms with Crippen molar-refractivity contribution in [2.24, 2.45) is 5.92 Å². The minimum absolute atomic E-state index is 0.787. The second kappa shape index (κ2) is 4.97. The molecule has 2 aromatic rings. The molecule has 2 aromatic carbocycles. The fourth-order valence-electron chi connectivity index (χ4n) is 3.19. The maximum atomic E-state index is 2.39. The summed E-state index contributed by atoms with van der Waals surface area (Å²) >= 11 is 0. The molecule has 3 rings (SSSR count). The molecular formula is C18H20. The van der Waals surface area contributed by atoms with E-state index < -0.39 is 0 Å². The summed E-state index contributed by atoms with van der Waals surface area (Å²) in [5, 5.41) is 0. The van der Waals surface area contributed by atoms with E-state index in [0.29, 0.717) is 0 Å². The van der Waals surface area contributed by atoms with Crippen LogP contribution < -0.4 is 0 Å². The highest BCUT2D eigenvalue weighted by molar-refractivity contribution is 5.63. The molecule has 0 spiro atoms. The molecule has 0 aromatic heterocycles. The second-order valence-corrected chi connectivity index (χ2v) is 5.50. The molecule has 0 nitrogen and oxygen atoms in total. The Labute approximate surface area is 110 Å². The van der Waals surface area contributed by atoms with Gasteiger partial charge in [-0.3, -0.25) is 0 Å². The standard InChI is InChI=1S/C18H20/c1-14-6-5-9-18(14)17-12-10-16(11-13-17)15-7-3-2-4-8-15/h2-4,7-8,10-14,18H,5-6,9H2,1H3/t14-,18-/m0/s1. The molecular weight excluding hydrogens is 216 g/mol. The van der Waals surface area contributed by atoms with Crippen LogP contribution in [0.15, 0.2) is 54.6 Å². The van der Waals surface area contributed by atoms with Crippen molar-refractivity contribution < 1.29 is 0 Å². The average molecular weight is 236 g/mol. The van der Waals surface area contributed by atoms with E-state index in [1.807, 2.05) is 0 Å². The van der Waals surface area contributed by atoms with E-state index in [1.165, 1.54) is 36.0 Å². The molecule has 0 bridgehead atoms. The third-order valence-corrected chi connectivity index (χ3v) is 4.31. The Balaban J connectivity index is 1.85. The van der Waals surface area contributed by atoms with Gasteiger partial charge in [0, 0.05) is 0 Å². The average Bonchev–Trinajstić information content (AvgIpc) is 2.86. The highest BCUT2D eigenvalue weighted by atomic mass is 14.3. The predicted molar refractivity (Wildman–Crippen MR) is 77.6 cm³/mol. The van der Waals surface area contributed by atoms with Crippen LogP contribution in [0.4, 0.5) is 0 Å². The van der Waals surface area contributed by atoms with Gasteiger partial charge in [0.05, 0.1) is 0 Å². The van der Waals surface area contributed by atoms with E-state index in [4.69, 9.17) is 0 Å². The zero-order chi connectivity index (χ0) is 12.4. The van der Waals surface area contributed by atoms with Crippen LogP contribution in [0.25, 0.3) is 11.1 Å². The van der Waals surface area contributed by atoms with Gasteiger partial charge in [-0.25, -0.2) is 0 Å². The summed E-state index contributed by atoms with van der Waals surface area (Å²) in [5.41, 5.74) is 4.16. The minimum atomic E-state index is 0.787. The molecule has 0 amide bonds. The summed E-state index contributed by atoms with van der Waals surface area (Å²) < 4.78 is 0. The van der Waals surface area contributed by atoms with E-state index in [-0.39, 0.29) is 0 Å². The topological polar surface area (TPSA) is 0 Å². The van der Waals surface area contributed by atoms with Crippen molar-refractivity contribution in [3.05, 3.63) is 60.2 Å². The Morgan fingerprint density at radius 1 is 0.778 bits per heavy atom. The second-order valence-electron chi connectivity index (χ2n) is 5.50. The maximum Gasteiger partial charge on any atom is -0.0136 e. The van der Waals surface area contributed by atoms with Crippen LogP contribution in [0.2, 0.25) is 0 Å². The van der Waals surface area contributed by atoms with Gasteiger partial charge in [-0.1, -0.05) is 74.4 Å². The van der Waals surface area contributed by atoms with Gasteiger partial charge in [-0.05, 0) is 34.9 Å². The third kappa shape index (κ3) is 2.20. The molecule has 1 fully saturated rings. The van der Waals surface area contributed by atoms with Crippen molar-refractivity contribution in [3.63, 3.8) is 0 Å². The largest absolute Gasteiger partial charge is 0.0622 e. The van der Waals surface area contributed by atoms with Crippen LogP contribution in [-0.4, -0.2) is 0 Å². The van der Waals surface area contributed by atoms with Crippen LogP contribution in [0.5, 0.6) is 0 Å². The summed E-state index contributed by atoms with van der Waals surface area (Å²) in [4.78, 5) is 0. The van der Waals surface area contributed by atoms with Crippen LogP contribution in [0.1, 0.15) is 37.7 Å². The molecule has 1 saturated carbocycles. The molecule has 0 heteroatoms. The number of hydrogen-bond acceptors (Lipinski definition) is 0. The maximum absolute atomic E-state index is 2.39. The van der Waals surface area contributed by atoms with Crippen molar-refractivity contribution in [1.82, 2.24) is 0 Å². The van der Waals surface area contributed by atoms with Crippen molar-refractivity contribution in [2.45, 2.75) is 32.1 Å². The van der Waals surface area contributed by atoms with E-state index in [1.54, 1.807) is 0 Å². The molecule has 0 saturated heterocycles. The van der Waals surface area contributed by atoms with E-state index in [9.17, 15) is 0 Å². The van der Waals surface area contributed by atoms with E-state index >= 15 is 0 Å². The van der Waals surface area contributed by atoms with Crippen molar-refractivity contribution in [1.29, 1.82) is 0 Å². The smallest absolute Gasteiger partial charge is 0.0136 e. The summed E-state index contributed by atoms with van der Waals surface area (Å²) in [6.07, 6.45) is 4.16. The van der Waals surface area contributed by atoms with Gasteiger partial charge in [0.2, 0.25) is 0 Å². The zero-order valence-electron chi connectivity index (χ0n) is 11.0. The zero-order valence-corrected chi connectivity index (χ0v) is 11.0. The molecule has 2 atom stereocenters. The molecule has 0 unspecified atom stereocenters.